The van der Waals surface area contributed by atoms with Crippen LogP contribution >= 0.6 is 27.5 Å². The largest absolute Gasteiger partial charge is 0.373 e. The number of hydrogen-bond donors (Lipinski definition) is 2. The summed E-state index contributed by atoms with van der Waals surface area (Å²) in [5.74, 6) is -2.12. The van der Waals surface area contributed by atoms with Gasteiger partial charge in [-0.05, 0) is 18.2 Å². The van der Waals surface area contributed by atoms with Gasteiger partial charge in [0.2, 0.25) is 0 Å². The van der Waals surface area contributed by atoms with Crippen LogP contribution in [-0.4, -0.2) is 17.9 Å². The molecular weight excluding hydrogens is 368 g/mol. The smallest absolute Gasteiger partial charge is 0.257 e. The summed E-state index contributed by atoms with van der Waals surface area (Å²) < 4.78 is 27.6. The molecule has 0 atom stereocenters. The average Bonchev–Trinajstić information content (AvgIpc) is 2.43. The average molecular weight is 377 g/mol. The summed E-state index contributed by atoms with van der Waals surface area (Å²) in [7, 11) is 1.62. The molecule has 8 heteroatoms. The molecule has 0 radical (unpaired) electrons. The molecule has 0 saturated heterocycles. The number of pyridine rings is 1. The van der Waals surface area contributed by atoms with Crippen molar-refractivity contribution in [1.29, 1.82) is 0 Å². The highest BCUT2D eigenvalue weighted by Gasteiger charge is 2.17. The van der Waals surface area contributed by atoms with Gasteiger partial charge in [-0.25, -0.2) is 13.8 Å². The van der Waals surface area contributed by atoms with Crippen LogP contribution in [0.25, 0.3) is 0 Å². The second kappa shape index (κ2) is 6.36. The summed E-state index contributed by atoms with van der Waals surface area (Å²) in [6.45, 7) is 0. The van der Waals surface area contributed by atoms with Crippen molar-refractivity contribution in [1.82, 2.24) is 4.98 Å². The topological polar surface area (TPSA) is 54.0 Å². The number of hydrogen-bond acceptors (Lipinski definition) is 3. The monoisotopic (exact) mass is 375 g/mol. The van der Waals surface area contributed by atoms with Gasteiger partial charge in [-0.2, -0.15) is 0 Å². The molecule has 0 unspecified atom stereocenters. The number of carbonyl (C=O) groups is 1. The summed E-state index contributed by atoms with van der Waals surface area (Å²) in [4.78, 5) is 16.0. The first-order chi connectivity index (χ1) is 9.92. The first-order valence-electron chi connectivity index (χ1n) is 5.71. The number of nitrogens with zero attached hydrogens (tertiary/aromatic N) is 1. The second-order valence-electron chi connectivity index (χ2n) is 4.00. The number of nitrogens with one attached hydrogen (secondary N) is 2. The van der Waals surface area contributed by atoms with E-state index < -0.39 is 23.2 Å². The summed E-state index contributed by atoms with van der Waals surface area (Å²) >= 11 is 8.83. The van der Waals surface area contributed by atoms with Crippen molar-refractivity contribution in [2.75, 3.05) is 17.7 Å². The van der Waals surface area contributed by atoms with Gasteiger partial charge in [-0.15, -0.1) is 0 Å². The van der Waals surface area contributed by atoms with Crippen molar-refractivity contribution in [2.24, 2.45) is 0 Å². The number of rotatable bonds is 3. The van der Waals surface area contributed by atoms with E-state index in [4.69, 9.17) is 11.6 Å². The highest BCUT2D eigenvalue weighted by atomic mass is 79.9. The predicted octanol–water partition coefficient (Wildman–Crippen LogP) is 4.07. The van der Waals surface area contributed by atoms with Crippen LogP contribution in [-0.2, 0) is 0 Å². The molecule has 0 aliphatic rings. The zero-order chi connectivity index (χ0) is 15.6. The Balaban J connectivity index is 2.35. The molecule has 0 fully saturated rings. The number of anilines is 2. The molecular formula is C13H9BrClF2N3O. The van der Waals surface area contributed by atoms with E-state index >= 15 is 0 Å². The Morgan fingerprint density at radius 2 is 1.90 bits per heavy atom. The van der Waals surface area contributed by atoms with E-state index in [2.05, 4.69) is 31.5 Å². The van der Waals surface area contributed by atoms with Gasteiger partial charge in [0.05, 0.1) is 10.6 Å². The lowest BCUT2D eigenvalue weighted by Gasteiger charge is -2.10. The van der Waals surface area contributed by atoms with E-state index in [9.17, 15) is 13.6 Å². The van der Waals surface area contributed by atoms with Crippen LogP contribution in [0.5, 0.6) is 0 Å². The zero-order valence-electron chi connectivity index (χ0n) is 10.7. The van der Waals surface area contributed by atoms with Crippen molar-refractivity contribution in [2.45, 2.75) is 0 Å². The minimum Gasteiger partial charge on any atom is -0.373 e. The van der Waals surface area contributed by atoms with E-state index in [-0.39, 0.29) is 15.1 Å². The molecule has 1 aromatic carbocycles. The standard InChI is InChI=1S/C13H9BrClF2N3O/c1-18-11-4-7(8(15)5-19-11)13(21)20-12-9(16)2-6(14)3-10(12)17/h2-5H,1H3,(H,18,19)(H,20,21). The second-order valence-corrected chi connectivity index (χ2v) is 5.32. The Hall–Kier alpha value is -1.73. The van der Waals surface area contributed by atoms with Gasteiger partial charge in [0.25, 0.3) is 5.91 Å². The zero-order valence-corrected chi connectivity index (χ0v) is 13.0. The van der Waals surface area contributed by atoms with E-state index in [0.717, 1.165) is 12.1 Å². The first kappa shape index (κ1) is 15.7. The number of aromatic nitrogens is 1. The first-order valence-corrected chi connectivity index (χ1v) is 6.88. The molecule has 21 heavy (non-hydrogen) atoms. The van der Waals surface area contributed by atoms with Crippen LogP contribution in [0.1, 0.15) is 10.4 Å². The lowest BCUT2D eigenvalue weighted by molar-refractivity contribution is 0.102. The fourth-order valence-corrected chi connectivity index (χ4v) is 2.18. The molecule has 2 N–H and O–H groups in total. The van der Waals surface area contributed by atoms with E-state index in [1.807, 2.05) is 0 Å². The molecule has 0 spiro atoms. The fourth-order valence-electron chi connectivity index (χ4n) is 1.59. The summed E-state index contributed by atoms with van der Waals surface area (Å²) in [5, 5.41) is 4.98. The van der Waals surface area contributed by atoms with Crippen molar-refractivity contribution in [3.05, 3.63) is 51.1 Å². The van der Waals surface area contributed by atoms with Crippen LogP contribution in [0.3, 0.4) is 0 Å². The van der Waals surface area contributed by atoms with Crippen LogP contribution in [0, 0.1) is 11.6 Å². The summed E-state index contributed by atoms with van der Waals surface area (Å²) in [5.41, 5.74) is -0.486. The molecule has 2 rings (SSSR count). The Bertz CT molecular complexity index is 689. The molecule has 110 valence electrons. The van der Waals surface area contributed by atoms with Gasteiger partial charge >= 0.3 is 0 Å². The minimum atomic E-state index is -0.894. The normalized spacial score (nSPS) is 10.3. The SMILES string of the molecule is CNc1cc(C(=O)Nc2c(F)cc(Br)cc2F)c(Cl)cn1. The third kappa shape index (κ3) is 3.48. The summed E-state index contributed by atoms with van der Waals surface area (Å²) in [6, 6.07) is 3.48. The number of amides is 1. The summed E-state index contributed by atoms with van der Waals surface area (Å²) in [6.07, 6.45) is 1.27. The number of benzene rings is 1. The maximum atomic E-state index is 13.7. The van der Waals surface area contributed by atoms with Crippen LogP contribution in [0.15, 0.2) is 28.9 Å². The maximum absolute atomic E-state index is 13.7. The third-order valence-electron chi connectivity index (χ3n) is 2.60. The molecule has 0 aliphatic heterocycles. The van der Waals surface area contributed by atoms with E-state index in [0.29, 0.717) is 5.82 Å². The maximum Gasteiger partial charge on any atom is 0.257 e. The lowest BCUT2D eigenvalue weighted by atomic mass is 10.2. The van der Waals surface area contributed by atoms with Gasteiger partial charge in [-0.1, -0.05) is 27.5 Å². The van der Waals surface area contributed by atoms with Crippen molar-refractivity contribution >= 4 is 44.9 Å². The van der Waals surface area contributed by atoms with Gasteiger partial charge in [0.1, 0.15) is 11.5 Å². The highest BCUT2D eigenvalue weighted by Crippen LogP contribution is 2.25. The van der Waals surface area contributed by atoms with Gasteiger partial charge in [-0.3, -0.25) is 4.79 Å². The number of halogens is 4. The Morgan fingerprint density at radius 3 is 2.48 bits per heavy atom. The fraction of sp³-hybridized carbons (Fsp3) is 0.0769. The van der Waals surface area contributed by atoms with Crippen LogP contribution in [0.2, 0.25) is 5.02 Å². The Labute approximate surface area is 132 Å². The Morgan fingerprint density at radius 1 is 1.29 bits per heavy atom. The Kier molecular flexibility index (Phi) is 4.74. The molecule has 1 amide bonds. The van der Waals surface area contributed by atoms with Crippen molar-refractivity contribution in [3.63, 3.8) is 0 Å². The van der Waals surface area contributed by atoms with Crippen molar-refractivity contribution < 1.29 is 13.6 Å². The molecule has 2 aromatic rings. The lowest BCUT2D eigenvalue weighted by Crippen LogP contribution is -2.15. The van der Waals surface area contributed by atoms with E-state index in [1.54, 1.807) is 7.05 Å². The van der Waals surface area contributed by atoms with Gasteiger partial charge in [0.15, 0.2) is 11.6 Å². The molecule has 0 aliphatic carbocycles. The quantitative estimate of drug-likeness (QED) is 0.849. The van der Waals surface area contributed by atoms with Gasteiger partial charge in [0, 0.05) is 17.7 Å². The molecule has 1 heterocycles. The van der Waals surface area contributed by atoms with Crippen LogP contribution in [0.4, 0.5) is 20.3 Å². The van der Waals surface area contributed by atoms with Crippen molar-refractivity contribution in [3.8, 4) is 0 Å². The molecule has 0 saturated carbocycles. The molecule has 4 nitrogen and oxygen atoms in total. The number of carbonyl (C=O) groups excluding carboxylic acids is 1. The third-order valence-corrected chi connectivity index (χ3v) is 3.36. The predicted molar refractivity (Wildman–Crippen MR) is 80.8 cm³/mol. The minimum absolute atomic E-state index is 0.0535. The molecule has 1 aromatic heterocycles. The van der Waals surface area contributed by atoms with E-state index in [1.165, 1.54) is 12.3 Å². The van der Waals surface area contributed by atoms with Gasteiger partial charge < -0.3 is 10.6 Å². The highest BCUT2D eigenvalue weighted by molar-refractivity contribution is 9.10. The van der Waals surface area contributed by atoms with Crippen LogP contribution < -0.4 is 10.6 Å². The molecule has 0 bridgehead atoms.